The van der Waals surface area contributed by atoms with Gasteiger partial charge in [-0.3, -0.25) is 9.78 Å². The SMILES string of the molecule is C[C@@H](CCc1ccc2c(n1)NCCC2)COCC[C@@H](NC(=O)c1c(F)cncc1Cl)C(=O)O. The van der Waals surface area contributed by atoms with Crippen LogP contribution in [0.15, 0.2) is 24.5 Å². The number of rotatable bonds is 11. The molecule has 0 unspecified atom stereocenters. The first-order chi connectivity index (χ1) is 15.8. The molecule has 10 heteroatoms. The third-order valence-corrected chi connectivity index (χ3v) is 5.77. The van der Waals surface area contributed by atoms with Crippen LogP contribution in [0.25, 0.3) is 0 Å². The minimum atomic E-state index is -1.24. The van der Waals surface area contributed by atoms with Crippen LogP contribution in [0.4, 0.5) is 10.2 Å². The molecule has 0 bridgehead atoms. The third-order valence-electron chi connectivity index (χ3n) is 5.48. The van der Waals surface area contributed by atoms with Gasteiger partial charge in [-0.15, -0.1) is 0 Å². The predicted molar refractivity (Wildman–Crippen MR) is 122 cm³/mol. The summed E-state index contributed by atoms with van der Waals surface area (Å²) in [4.78, 5) is 32.0. The molecule has 2 aromatic rings. The number of nitrogens with zero attached hydrogens (tertiary/aromatic N) is 2. The molecule has 3 heterocycles. The lowest BCUT2D eigenvalue weighted by molar-refractivity contribution is -0.139. The number of fused-ring (bicyclic) bond motifs is 1. The van der Waals surface area contributed by atoms with Gasteiger partial charge in [0.15, 0.2) is 5.82 Å². The maximum absolute atomic E-state index is 13.8. The van der Waals surface area contributed by atoms with E-state index in [4.69, 9.17) is 21.3 Å². The first-order valence-electron chi connectivity index (χ1n) is 11.0. The van der Waals surface area contributed by atoms with Crippen molar-refractivity contribution < 1.29 is 23.8 Å². The van der Waals surface area contributed by atoms with E-state index in [0.717, 1.165) is 56.1 Å². The first-order valence-corrected chi connectivity index (χ1v) is 11.4. The van der Waals surface area contributed by atoms with Gasteiger partial charge in [-0.25, -0.2) is 14.2 Å². The average Bonchev–Trinajstić information content (AvgIpc) is 2.79. The zero-order chi connectivity index (χ0) is 23.8. The van der Waals surface area contributed by atoms with Crippen molar-refractivity contribution in [3.8, 4) is 0 Å². The minimum Gasteiger partial charge on any atom is -0.480 e. The maximum Gasteiger partial charge on any atom is 0.326 e. The summed E-state index contributed by atoms with van der Waals surface area (Å²) < 4.78 is 19.5. The van der Waals surface area contributed by atoms with Crippen LogP contribution in [-0.2, 0) is 22.4 Å². The summed E-state index contributed by atoms with van der Waals surface area (Å²) in [5.41, 5.74) is 1.86. The summed E-state index contributed by atoms with van der Waals surface area (Å²) in [5.74, 6) is -1.83. The van der Waals surface area contributed by atoms with Gasteiger partial charge in [-0.05, 0) is 43.2 Å². The second-order valence-electron chi connectivity index (χ2n) is 8.19. The van der Waals surface area contributed by atoms with Crippen LogP contribution < -0.4 is 10.6 Å². The van der Waals surface area contributed by atoms with E-state index in [1.54, 1.807) is 0 Å². The molecule has 2 atom stereocenters. The molecule has 1 amide bonds. The molecule has 1 aliphatic rings. The maximum atomic E-state index is 13.8. The smallest absolute Gasteiger partial charge is 0.326 e. The highest BCUT2D eigenvalue weighted by molar-refractivity contribution is 6.33. The van der Waals surface area contributed by atoms with Gasteiger partial charge in [0.05, 0.1) is 16.8 Å². The Morgan fingerprint density at radius 1 is 1.33 bits per heavy atom. The summed E-state index contributed by atoms with van der Waals surface area (Å²) >= 11 is 5.81. The number of carbonyl (C=O) groups is 2. The minimum absolute atomic E-state index is 0.0379. The fourth-order valence-electron chi connectivity index (χ4n) is 3.59. The molecule has 8 nitrogen and oxygen atoms in total. The largest absolute Gasteiger partial charge is 0.480 e. The number of aromatic nitrogens is 2. The van der Waals surface area contributed by atoms with Crippen molar-refractivity contribution in [1.82, 2.24) is 15.3 Å². The van der Waals surface area contributed by atoms with Gasteiger partial charge < -0.3 is 20.5 Å². The topological polar surface area (TPSA) is 113 Å². The molecule has 3 N–H and O–H groups in total. The van der Waals surface area contributed by atoms with Crippen molar-refractivity contribution >= 4 is 29.3 Å². The molecule has 0 fully saturated rings. The Morgan fingerprint density at radius 3 is 2.91 bits per heavy atom. The van der Waals surface area contributed by atoms with Crippen molar-refractivity contribution in [1.29, 1.82) is 0 Å². The number of aliphatic carboxylic acids is 1. The van der Waals surface area contributed by atoms with E-state index in [1.807, 2.05) is 0 Å². The molecule has 33 heavy (non-hydrogen) atoms. The Balaban J connectivity index is 1.40. The number of amides is 1. The molecule has 0 saturated heterocycles. The molecule has 1 aliphatic heterocycles. The molecule has 3 rings (SSSR count). The number of aryl methyl sites for hydroxylation is 2. The Hall–Kier alpha value is -2.78. The number of pyridine rings is 2. The molecule has 0 aliphatic carbocycles. The predicted octanol–water partition coefficient (Wildman–Crippen LogP) is 3.49. The van der Waals surface area contributed by atoms with Gasteiger partial charge in [0, 0.05) is 38.1 Å². The molecule has 0 spiro atoms. The van der Waals surface area contributed by atoms with Crippen molar-refractivity contribution in [2.45, 2.75) is 45.1 Å². The van der Waals surface area contributed by atoms with Gasteiger partial charge >= 0.3 is 5.97 Å². The van der Waals surface area contributed by atoms with E-state index >= 15 is 0 Å². The number of hydrogen-bond acceptors (Lipinski definition) is 6. The van der Waals surface area contributed by atoms with Crippen LogP contribution in [0.5, 0.6) is 0 Å². The van der Waals surface area contributed by atoms with Crippen molar-refractivity contribution in [2.75, 3.05) is 25.1 Å². The standard InChI is InChI=1S/C23H28ClFN4O4/c1-14(4-6-16-7-5-15-3-2-9-27-21(15)28-16)13-33-10-8-19(23(31)32)29-22(30)20-17(24)11-26-12-18(20)25/h5,7,11-12,14,19H,2-4,6,8-10,13H2,1H3,(H,27,28)(H,29,30)(H,31,32)/t14-,19+/m0/s1. The zero-order valence-corrected chi connectivity index (χ0v) is 19.2. The van der Waals surface area contributed by atoms with Crippen LogP contribution in [0.2, 0.25) is 5.02 Å². The van der Waals surface area contributed by atoms with Crippen LogP contribution in [0.1, 0.15) is 47.8 Å². The third kappa shape index (κ3) is 7.10. The lowest BCUT2D eigenvalue weighted by Crippen LogP contribution is -2.42. The number of hydrogen-bond donors (Lipinski definition) is 3. The second kappa shape index (κ2) is 11.9. The van der Waals surface area contributed by atoms with E-state index in [9.17, 15) is 19.1 Å². The lowest BCUT2D eigenvalue weighted by Gasteiger charge is -2.18. The quantitative estimate of drug-likeness (QED) is 0.423. The summed E-state index contributed by atoms with van der Waals surface area (Å²) in [5, 5.41) is 14.8. The number of anilines is 1. The molecule has 2 aromatic heterocycles. The number of nitrogens with one attached hydrogen (secondary N) is 2. The second-order valence-corrected chi connectivity index (χ2v) is 8.60. The Morgan fingerprint density at radius 2 is 2.15 bits per heavy atom. The van der Waals surface area contributed by atoms with E-state index in [1.165, 1.54) is 5.56 Å². The van der Waals surface area contributed by atoms with E-state index < -0.39 is 29.3 Å². The van der Waals surface area contributed by atoms with Gasteiger partial charge in [0.25, 0.3) is 5.91 Å². The first kappa shape index (κ1) is 24.9. The van der Waals surface area contributed by atoms with Gasteiger partial charge in [-0.1, -0.05) is 24.6 Å². The number of carboxylic acid groups (broad SMARTS) is 1. The van der Waals surface area contributed by atoms with Crippen LogP contribution in [0.3, 0.4) is 0 Å². The van der Waals surface area contributed by atoms with Crippen LogP contribution in [0, 0.1) is 11.7 Å². The molecule has 0 saturated carbocycles. The van der Waals surface area contributed by atoms with Crippen molar-refractivity contribution in [3.63, 3.8) is 0 Å². The van der Waals surface area contributed by atoms with Crippen molar-refractivity contribution in [2.24, 2.45) is 5.92 Å². The molecular formula is C23H28ClFN4O4. The highest BCUT2D eigenvalue weighted by atomic mass is 35.5. The molecular weight excluding hydrogens is 451 g/mol. The van der Waals surface area contributed by atoms with Gasteiger partial charge in [-0.2, -0.15) is 0 Å². The molecule has 0 radical (unpaired) electrons. The summed E-state index contributed by atoms with van der Waals surface area (Å²) in [6, 6.07) is 2.97. The van der Waals surface area contributed by atoms with Gasteiger partial charge in [0.1, 0.15) is 11.9 Å². The Bertz CT molecular complexity index is 971. The van der Waals surface area contributed by atoms with E-state index in [-0.39, 0.29) is 24.0 Å². The van der Waals surface area contributed by atoms with E-state index in [0.29, 0.717) is 6.61 Å². The fourth-order valence-corrected chi connectivity index (χ4v) is 3.82. The molecule has 0 aromatic carbocycles. The van der Waals surface area contributed by atoms with Crippen molar-refractivity contribution in [3.05, 3.63) is 52.2 Å². The fraction of sp³-hybridized carbons (Fsp3) is 0.478. The number of carboxylic acids is 1. The van der Waals surface area contributed by atoms with Crippen LogP contribution >= 0.6 is 11.6 Å². The number of halogens is 2. The van der Waals surface area contributed by atoms with E-state index in [2.05, 4.69) is 34.7 Å². The summed E-state index contributed by atoms with van der Waals surface area (Å²) in [7, 11) is 0. The zero-order valence-electron chi connectivity index (χ0n) is 18.4. The monoisotopic (exact) mass is 478 g/mol. The summed E-state index contributed by atoms with van der Waals surface area (Å²) in [6.45, 7) is 3.60. The highest BCUT2D eigenvalue weighted by Gasteiger charge is 2.24. The number of carbonyl (C=O) groups excluding carboxylic acids is 1. The average molecular weight is 479 g/mol. The Kier molecular flexibility index (Phi) is 8.96. The summed E-state index contributed by atoms with van der Waals surface area (Å²) in [6.07, 6.45) is 5.89. The lowest BCUT2D eigenvalue weighted by atomic mass is 10.0. The molecule has 178 valence electrons. The van der Waals surface area contributed by atoms with Gasteiger partial charge in [0.2, 0.25) is 0 Å². The van der Waals surface area contributed by atoms with Crippen LogP contribution in [-0.4, -0.2) is 52.8 Å². The Labute approximate surface area is 196 Å². The highest BCUT2D eigenvalue weighted by Crippen LogP contribution is 2.21. The number of ether oxygens (including phenoxy) is 1. The normalized spacial score (nSPS) is 14.6.